The van der Waals surface area contributed by atoms with E-state index in [9.17, 15) is 9.59 Å². The average molecular weight is 368 g/mol. The van der Waals surface area contributed by atoms with E-state index in [4.69, 9.17) is 14.2 Å². The number of carbonyl (C=O) groups is 2. The molecule has 0 aromatic heterocycles. The van der Waals surface area contributed by atoms with Crippen LogP contribution in [0.3, 0.4) is 0 Å². The zero-order chi connectivity index (χ0) is 19.2. The number of hydrogen-bond donors (Lipinski definition) is 1. The Morgan fingerprint density at radius 2 is 2.00 bits per heavy atom. The van der Waals surface area contributed by atoms with Gasteiger partial charge in [-0.2, -0.15) is 0 Å². The minimum Gasteiger partial charge on any atom is -0.497 e. The van der Waals surface area contributed by atoms with E-state index in [-0.39, 0.29) is 25.2 Å². The van der Waals surface area contributed by atoms with Crippen LogP contribution in [0.25, 0.3) is 6.08 Å². The van der Waals surface area contributed by atoms with Crippen molar-refractivity contribution in [2.75, 3.05) is 32.8 Å². The third kappa shape index (κ3) is 4.78. The number of hydrogen-bond acceptors (Lipinski definition) is 5. The molecule has 0 unspecified atom stereocenters. The molecule has 7 nitrogen and oxygen atoms in total. The molecule has 2 aromatic rings. The number of rotatable bonds is 6. The molecule has 0 saturated carbocycles. The first kappa shape index (κ1) is 18.3. The van der Waals surface area contributed by atoms with Gasteiger partial charge in [0.15, 0.2) is 11.5 Å². The first-order chi connectivity index (χ1) is 13.0. The Morgan fingerprint density at radius 1 is 1.19 bits per heavy atom. The van der Waals surface area contributed by atoms with Crippen LogP contribution in [-0.4, -0.2) is 44.2 Å². The molecule has 2 aromatic carbocycles. The van der Waals surface area contributed by atoms with Crippen molar-refractivity contribution in [1.29, 1.82) is 0 Å². The molecule has 1 aliphatic heterocycles. The normalized spacial score (nSPS) is 12.1. The topological polar surface area (TPSA) is 77.1 Å². The smallest absolute Gasteiger partial charge is 0.246 e. The lowest BCUT2D eigenvalue weighted by Crippen LogP contribution is -2.33. The number of carbonyl (C=O) groups excluding carboxylic acids is 2. The Morgan fingerprint density at radius 3 is 2.81 bits per heavy atom. The van der Waals surface area contributed by atoms with Crippen molar-refractivity contribution >= 4 is 23.6 Å². The van der Waals surface area contributed by atoms with Gasteiger partial charge in [0.25, 0.3) is 0 Å². The lowest BCUT2D eigenvalue weighted by Gasteiger charge is -2.15. The second-order valence-electron chi connectivity index (χ2n) is 5.92. The molecule has 1 N–H and O–H groups in total. The summed E-state index contributed by atoms with van der Waals surface area (Å²) in [5.41, 5.74) is 1.41. The third-order valence-corrected chi connectivity index (χ3v) is 3.93. The first-order valence-electron chi connectivity index (χ1n) is 8.32. The van der Waals surface area contributed by atoms with Crippen molar-refractivity contribution in [2.45, 2.75) is 0 Å². The summed E-state index contributed by atoms with van der Waals surface area (Å²) in [5.74, 6) is 1.40. The van der Waals surface area contributed by atoms with Crippen molar-refractivity contribution in [3.8, 4) is 17.2 Å². The van der Waals surface area contributed by atoms with E-state index in [1.807, 2.05) is 6.07 Å². The largest absolute Gasteiger partial charge is 0.497 e. The highest BCUT2D eigenvalue weighted by atomic mass is 16.7. The van der Waals surface area contributed by atoms with Crippen molar-refractivity contribution in [2.24, 2.45) is 0 Å². The molecule has 1 heterocycles. The first-order valence-corrected chi connectivity index (χ1v) is 8.32. The summed E-state index contributed by atoms with van der Waals surface area (Å²) in [6, 6.07) is 12.4. The van der Waals surface area contributed by atoms with Gasteiger partial charge in [-0.05, 0) is 35.9 Å². The number of likely N-dealkylation sites (N-methyl/N-ethyl adjacent to an activating group) is 1. The summed E-state index contributed by atoms with van der Waals surface area (Å²) < 4.78 is 15.7. The number of nitrogens with one attached hydrogen (secondary N) is 1. The van der Waals surface area contributed by atoms with Crippen LogP contribution in [0.5, 0.6) is 17.2 Å². The van der Waals surface area contributed by atoms with Crippen LogP contribution in [-0.2, 0) is 9.59 Å². The maximum Gasteiger partial charge on any atom is 0.246 e. The quantitative estimate of drug-likeness (QED) is 0.793. The predicted octanol–water partition coefficient (Wildman–Crippen LogP) is 2.53. The minimum atomic E-state index is -0.296. The fourth-order valence-electron chi connectivity index (χ4n) is 2.51. The lowest BCUT2D eigenvalue weighted by atomic mass is 10.2. The Labute approximate surface area is 157 Å². The van der Waals surface area contributed by atoms with E-state index in [1.165, 1.54) is 11.0 Å². The summed E-state index contributed by atoms with van der Waals surface area (Å²) in [6.45, 7) is 0.133. The molecule has 3 rings (SSSR count). The molecular weight excluding hydrogens is 348 g/mol. The van der Waals surface area contributed by atoms with Gasteiger partial charge < -0.3 is 24.4 Å². The highest BCUT2D eigenvalue weighted by Crippen LogP contribution is 2.32. The number of ether oxygens (including phenoxy) is 3. The summed E-state index contributed by atoms with van der Waals surface area (Å²) in [6.07, 6.45) is 3.08. The standard InChI is InChI=1S/C20H20N2O5/c1-22(12-19(23)21-15-4-3-5-16(11-15)25-2)20(24)9-7-14-6-8-17-18(10-14)27-13-26-17/h3-11H,12-13H2,1-2H3,(H,21,23)/b9-7+. The molecule has 0 bridgehead atoms. The molecule has 140 valence electrons. The van der Waals surface area contributed by atoms with Gasteiger partial charge in [-0.25, -0.2) is 0 Å². The number of benzene rings is 2. The Kier molecular flexibility index (Phi) is 5.61. The number of methoxy groups -OCH3 is 1. The molecule has 0 fully saturated rings. The maximum atomic E-state index is 12.2. The van der Waals surface area contributed by atoms with E-state index in [0.717, 1.165) is 5.56 Å². The third-order valence-electron chi connectivity index (χ3n) is 3.93. The summed E-state index contributed by atoms with van der Waals surface area (Å²) in [7, 11) is 3.12. The van der Waals surface area contributed by atoms with Crippen LogP contribution in [0.4, 0.5) is 5.69 Å². The van der Waals surface area contributed by atoms with Crippen molar-refractivity contribution < 1.29 is 23.8 Å². The average Bonchev–Trinajstić information content (AvgIpc) is 3.13. The minimum absolute atomic E-state index is 0.0679. The second kappa shape index (κ2) is 8.27. The molecule has 0 saturated heterocycles. The summed E-state index contributed by atoms with van der Waals surface area (Å²) in [4.78, 5) is 25.7. The zero-order valence-corrected chi connectivity index (χ0v) is 15.1. The van der Waals surface area contributed by atoms with Crippen molar-refractivity contribution in [3.05, 3.63) is 54.1 Å². The number of amides is 2. The van der Waals surface area contributed by atoms with E-state index < -0.39 is 0 Å². The summed E-state index contributed by atoms with van der Waals surface area (Å²) in [5, 5.41) is 2.74. The molecule has 0 aliphatic carbocycles. The Bertz CT molecular complexity index is 878. The predicted molar refractivity (Wildman–Crippen MR) is 101 cm³/mol. The maximum absolute atomic E-state index is 12.2. The molecular formula is C20H20N2O5. The fourth-order valence-corrected chi connectivity index (χ4v) is 2.51. The van der Waals surface area contributed by atoms with Gasteiger partial charge in [0.2, 0.25) is 18.6 Å². The van der Waals surface area contributed by atoms with E-state index in [1.54, 1.807) is 56.6 Å². The van der Waals surface area contributed by atoms with Crippen LogP contribution in [0.15, 0.2) is 48.5 Å². The van der Waals surface area contributed by atoms with E-state index in [0.29, 0.717) is 22.9 Å². The fraction of sp³-hybridized carbons (Fsp3) is 0.200. The SMILES string of the molecule is COc1cccc(NC(=O)CN(C)C(=O)/C=C/c2ccc3c(c2)OCO3)c1. The number of nitrogens with zero attached hydrogens (tertiary/aromatic N) is 1. The van der Waals surface area contributed by atoms with Gasteiger partial charge in [0.1, 0.15) is 5.75 Å². The molecule has 0 spiro atoms. The van der Waals surface area contributed by atoms with Gasteiger partial charge in [-0.15, -0.1) is 0 Å². The monoisotopic (exact) mass is 368 g/mol. The Balaban J connectivity index is 1.54. The Hall–Kier alpha value is -3.48. The van der Waals surface area contributed by atoms with Gasteiger partial charge in [0, 0.05) is 24.9 Å². The molecule has 0 atom stereocenters. The number of fused-ring (bicyclic) bond motifs is 1. The van der Waals surface area contributed by atoms with Crippen LogP contribution in [0, 0.1) is 0 Å². The second-order valence-corrected chi connectivity index (χ2v) is 5.92. The van der Waals surface area contributed by atoms with Crippen LogP contribution >= 0.6 is 0 Å². The van der Waals surface area contributed by atoms with Gasteiger partial charge in [0.05, 0.1) is 13.7 Å². The molecule has 27 heavy (non-hydrogen) atoms. The highest BCUT2D eigenvalue weighted by Gasteiger charge is 2.13. The highest BCUT2D eigenvalue weighted by molar-refractivity contribution is 5.98. The van der Waals surface area contributed by atoms with Gasteiger partial charge >= 0.3 is 0 Å². The molecule has 2 amide bonds. The van der Waals surface area contributed by atoms with Gasteiger partial charge in [-0.3, -0.25) is 9.59 Å². The van der Waals surface area contributed by atoms with Crippen LogP contribution < -0.4 is 19.5 Å². The van der Waals surface area contributed by atoms with Crippen LogP contribution in [0.1, 0.15) is 5.56 Å². The van der Waals surface area contributed by atoms with Crippen molar-refractivity contribution in [3.63, 3.8) is 0 Å². The molecule has 0 radical (unpaired) electrons. The van der Waals surface area contributed by atoms with E-state index in [2.05, 4.69) is 5.32 Å². The molecule has 1 aliphatic rings. The van der Waals surface area contributed by atoms with Gasteiger partial charge in [-0.1, -0.05) is 12.1 Å². The van der Waals surface area contributed by atoms with E-state index >= 15 is 0 Å². The number of anilines is 1. The molecule has 7 heteroatoms. The lowest BCUT2D eigenvalue weighted by molar-refractivity contribution is -0.129. The van der Waals surface area contributed by atoms with Crippen LogP contribution in [0.2, 0.25) is 0 Å². The van der Waals surface area contributed by atoms with Crippen molar-refractivity contribution in [1.82, 2.24) is 4.90 Å². The zero-order valence-electron chi connectivity index (χ0n) is 15.1. The summed E-state index contributed by atoms with van der Waals surface area (Å²) >= 11 is 0.